The zero-order valence-corrected chi connectivity index (χ0v) is 17.9. The van der Waals surface area contributed by atoms with Gasteiger partial charge in [-0.15, -0.1) is 22.7 Å². The minimum Gasteiger partial charge on any atom is -0.367 e. The largest absolute Gasteiger partial charge is 0.367 e. The van der Waals surface area contributed by atoms with E-state index in [1.54, 1.807) is 17.4 Å². The van der Waals surface area contributed by atoms with Crippen LogP contribution in [0.15, 0.2) is 59.3 Å². The van der Waals surface area contributed by atoms with Crippen molar-refractivity contribution >= 4 is 34.3 Å². The Morgan fingerprint density at radius 3 is 2.38 bits per heavy atom. The number of anilines is 1. The molecule has 3 aromatic rings. The normalized spacial score (nSPS) is 17.1. The topological polar surface area (TPSA) is 35.6 Å². The van der Waals surface area contributed by atoms with Crippen LogP contribution in [0.5, 0.6) is 0 Å². The highest BCUT2D eigenvalue weighted by Gasteiger charge is 2.31. The van der Waals surface area contributed by atoms with E-state index >= 15 is 0 Å². The van der Waals surface area contributed by atoms with Gasteiger partial charge in [0, 0.05) is 37.1 Å². The van der Waals surface area contributed by atoms with Gasteiger partial charge in [-0.1, -0.05) is 24.3 Å². The molecule has 29 heavy (non-hydrogen) atoms. The van der Waals surface area contributed by atoms with Crippen LogP contribution in [0.1, 0.15) is 27.5 Å². The molecular formula is C22H24FN3OS2. The fraction of sp³-hybridized carbons (Fsp3) is 0.318. The molecule has 2 atom stereocenters. The van der Waals surface area contributed by atoms with Crippen molar-refractivity contribution in [3.63, 3.8) is 0 Å². The highest BCUT2D eigenvalue weighted by atomic mass is 32.1. The molecule has 0 radical (unpaired) electrons. The van der Waals surface area contributed by atoms with E-state index in [2.05, 4.69) is 39.6 Å². The Hall–Kier alpha value is -2.22. The first-order chi connectivity index (χ1) is 14.1. The van der Waals surface area contributed by atoms with Gasteiger partial charge in [0.1, 0.15) is 5.82 Å². The Morgan fingerprint density at radius 2 is 1.72 bits per heavy atom. The molecule has 1 amide bonds. The molecule has 1 N–H and O–H groups in total. The lowest BCUT2D eigenvalue weighted by atomic mass is 10.0. The second kappa shape index (κ2) is 9.07. The molecule has 4 nitrogen and oxygen atoms in total. The van der Waals surface area contributed by atoms with Crippen molar-refractivity contribution in [1.82, 2.24) is 10.2 Å². The third-order valence-corrected chi connectivity index (χ3v) is 7.12. The monoisotopic (exact) mass is 429 g/mol. The smallest absolute Gasteiger partial charge is 0.261 e. The average molecular weight is 430 g/mol. The molecule has 4 rings (SSSR count). The number of nitrogens with zero attached hydrogens (tertiary/aromatic N) is 2. The lowest BCUT2D eigenvalue weighted by molar-refractivity contribution is 0.0894. The average Bonchev–Trinajstić information content (AvgIpc) is 3.44. The number of para-hydroxylation sites is 1. The van der Waals surface area contributed by atoms with E-state index in [1.165, 1.54) is 22.3 Å². The fourth-order valence-corrected chi connectivity index (χ4v) is 5.51. The maximum atomic E-state index is 14.2. The number of carbonyl (C=O) groups is 1. The van der Waals surface area contributed by atoms with Crippen LogP contribution in [0.2, 0.25) is 0 Å². The number of halogens is 1. The minimum atomic E-state index is -0.174. The van der Waals surface area contributed by atoms with Crippen molar-refractivity contribution in [3.8, 4) is 0 Å². The predicted octanol–water partition coefficient (Wildman–Crippen LogP) is 4.63. The summed E-state index contributed by atoms with van der Waals surface area (Å²) in [5.41, 5.74) is 0.666. The van der Waals surface area contributed by atoms with Crippen LogP contribution < -0.4 is 10.2 Å². The zero-order chi connectivity index (χ0) is 20.2. The molecule has 0 unspecified atom stereocenters. The van der Waals surface area contributed by atoms with Gasteiger partial charge in [-0.25, -0.2) is 4.39 Å². The second-order valence-electron chi connectivity index (χ2n) is 7.17. The van der Waals surface area contributed by atoms with Gasteiger partial charge in [0.15, 0.2) is 0 Å². The summed E-state index contributed by atoms with van der Waals surface area (Å²) in [5.74, 6) is -0.202. The van der Waals surface area contributed by atoms with Gasteiger partial charge in [0.25, 0.3) is 5.91 Å². The van der Waals surface area contributed by atoms with E-state index < -0.39 is 0 Å². The molecule has 0 spiro atoms. The SMILES string of the molecule is C[C@@H](NC(=O)c1cccs1)[C@@H](c1cccs1)N1CCN(c2ccccc2F)CC1. The van der Waals surface area contributed by atoms with Gasteiger partial charge < -0.3 is 10.2 Å². The Morgan fingerprint density at radius 1 is 1.00 bits per heavy atom. The number of hydrogen-bond donors (Lipinski definition) is 1. The molecule has 1 aliphatic rings. The zero-order valence-electron chi connectivity index (χ0n) is 16.3. The van der Waals surface area contributed by atoms with E-state index in [4.69, 9.17) is 0 Å². The fourth-order valence-electron chi connectivity index (χ4n) is 3.92. The number of thiophene rings is 2. The van der Waals surface area contributed by atoms with Crippen molar-refractivity contribution < 1.29 is 9.18 Å². The first-order valence-electron chi connectivity index (χ1n) is 9.75. The Balaban J connectivity index is 1.47. The van der Waals surface area contributed by atoms with Crippen LogP contribution in [0, 0.1) is 5.82 Å². The standard InChI is InChI=1S/C22H24FN3OS2/c1-16(24-22(27)20-9-5-15-29-20)21(19-8-4-14-28-19)26-12-10-25(11-13-26)18-7-3-2-6-17(18)23/h2-9,14-16,21H,10-13H2,1H3,(H,24,27)/t16-,21+/m1/s1. The van der Waals surface area contributed by atoms with Gasteiger partial charge in [-0.3, -0.25) is 9.69 Å². The molecule has 0 bridgehead atoms. The summed E-state index contributed by atoms with van der Waals surface area (Å²) >= 11 is 3.17. The van der Waals surface area contributed by atoms with E-state index in [1.807, 2.05) is 29.6 Å². The molecule has 1 aliphatic heterocycles. The number of benzene rings is 1. The van der Waals surface area contributed by atoms with Crippen LogP contribution >= 0.6 is 22.7 Å². The van der Waals surface area contributed by atoms with Crippen molar-refractivity contribution in [3.05, 3.63) is 74.9 Å². The first kappa shape index (κ1) is 20.1. The number of nitrogens with one attached hydrogen (secondary N) is 1. The van der Waals surface area contributed by atoms with Crippen molar-refractivity contribution in [1.29, 1.82) is 0 Å². The molecule has 7 heteroatoms. The number of hydrogen-bond acceptors (Lipinski definition) is 5. The van der Waals surface area contributed by atoms with Crippen LogP contribution in [-0.2, 0) is 0 Å². The molecular weight excluding hydrogens is 405 g/mol. The van der Waals surface area contributed by atoms with E-state index in [0.717, 1.165) is 31.1 Å². The summed E-state index contributed by atoms with van der Waals surface area (Å²) in [6.07, 6.45) is 0. The number of amides is 1. The van der Waals surface area contributed by atoms with Crippen LogP contribution in [0.3, 0.4) is 0 Å². The first-order valence-corrected chi connectivity index (χ1v) is 11.5. The third kappa shape index (κ3) is 4.52. The van der Waals surface area contributed by atoms with Crippen LogP contribution in [0.25, 0.3) is 0 Å². The van der Waals surface area contributed by atoms with E-state index in [9.17, 15) is 9.18 Å². The summed E-state index contributed by atoms with van der Waals surface area (Å²) in [6, 6.07) is 14.9. The summed E-state index contributed by atoms with van der Waals surface area (Å²) in [5, 5.41) is 7.17. The maximum absolute atomic E-state index is 14.2. The highest BCUT2D eigenvalue weighted by Crippen LogP contribution is 2.31. The molecule has 1 saturated heterocycles. The van der Waals surface area contributed by atoms with Gasteiger partial charge in [-0.2, -0.15) is 0 Å². The Labute approximate surface area is 178 Å². The van der Waals surface area contributed by atoms with Gasteiger partial charge in [0.05, 0.1) is 16.6 Å². The lowest BCUT2D eigenvalue weighted by Gasteiger charge is -2.42. The number of rotatable bonds is 6. The predicted molar refractivity (Wildman–Crippen MR) is 118 cm³/mol. The molecule has 0 aliphatic carbocycles. The molecule has 152 valence electrons. The molecule has 1 fully saturated rings. The third-order valence-electron chi connectivity index (χ3n) is 5.31. The summed E-state index contributed by atoms with van der Waals surface area (Å²) in [4.78, 5) is 19.1. The minimum absolute atomic E-state index is 0.0287. The Bertz CT molecular complexity index is 921. The molecule has 1 aromatic carbocycles. The summed E-state index contributed by atoms with van der Waals surface area (Å²) < 4.78 is 14.2. The lowest BCUT2D eigenvalue weighted by Crippen LogP contribution is -2.52. The van der Waals surface area contributed by atoms with Crippen molar-refractivity contribution in [2.75, 3.05) is 31.1 Å². The van der Waals surface area contributed by atoms with Gasteiger partial charge in [0.2, 0.25) is 0 Å². The summed E-state index contributed by atoms with van der Waals surface area (Å²) in [7, 11) is 0. The molecule has 2 aromatic heterocycles. The quantitative estimate of drug-likeness (QED) is 0.621. The van der Waals surface area contributed by atoms with E-state index in [-0.39, 0.29) is 23.8 Å². The van der Waals surface area contributed by atoms with Gasteiger partial charge >= 0.3 is 0 Å². The molecule has 0 saturated carbocycles. The number of piperazine rings is 1. The van der Waals surface area contributed by atoms with Crippen molar-refractivity contribution in [2.24, 2.45) is 0 Å². The highest BCUT2D eigenvalue weighted by molar-refractivity contribution is 7.12. The number of carbonyl (C=O) groups excluding carboxylic acids is 1. The molecule has 3 heterocycles. The van der Waals surface area contributed by atoms with Crippen LogP contribution in [-0.4, -0.2) is 43.0 Å². The van der Waals surface area contributed by atoms with Crippen LogP contribution in [0.4, 0.5) is 10.1 Å². The maximum Gasteiger partial charge on any atom is 0.261 e. The Kier molecular flexibility index (Phi) is 6.28. The van der Waals surface area contributed by atoms with E-state index in [0.29, 0.717) is 5.69 Å². The van der Waals surface area contributed by atoms with Crippen molar-refractivity contribution in [2.45, 2.75) is 19.0 Å². The van der Waals surface area contributed by atoms with Gasteiger partial charge in [-0.05, 0) is 41.9 Å². The second-order valence-corrected chi connectivity index (χ2v) is 9.10. The summed E-state index contributed by atoms with van der Waals surface area (Å²) in [6.45, 7) is 5.22.